The first-order valence-corrected chi connectivity index (χ1v) is 7.94. The molecule has 0 aromatic rings. The van der Waals surface area contributed by atoms with E-state index in [-0.39, 0.29) is 17.6 Å². The van der Waals surface area contributed by atoms with Crippen LogP contribution in [0.2, 0.25) is 0 Å². The summed E-state index contributed by atoms with van der Waals surface area (Å²) in [6.07, 6.45) is 7.36. The molecule has 4 rings (SSSR count). The second-order valence-electron chi connectivity index (χ2n) is 7.00. The van der Waals surface area contributed by atoms with E-state index in [2.05, 4.69) is 0 Å². The Balaban J connectivity index is 1.68. The Morgan fingerprint density at radius 2 is 1.60 bits per heavy atom. The second-order valence-corrected chi connectivity index (χ2v) is 7.00. The Hall–Kier alpha value is -1.25. The van der Waals surface area contributed by atoms with Crippen LogP contribution >= 0.6 is 0 Å². The summed E-state index contributed by atoms with van der Waals surface area (Å²) >= 11 is 0. The molecule has 3 nitrogen and oxygen atoms in total. The van der Waals surface area contributed by atoms with Crippen LogP contribution in [0.3, 0.4) is 0 Å². The second kappa shape index (κ2) is 4.37. The Morgan fingerprint density at radius 3 is 2.45 bits per heavy atom. The Labute approximate surface area is 118 Å². The van der Waals surface area contributed by atoms with Crippen LogP contribution < -0.4 is 0 Å². The van der Waals surface area contributed by atoms with Crippen LogP contribution in [-0.2, 0) is 14.4 Å². The van der Waals surface area contributed by atoms with E-state index < -0.39 is 0 Å². The van der Waals surface area contributed by atoms with E-state index >= 15 is 0 Å². The molecule has 0 aromatic carbocycles. The van der Waals surface area contributed by atoms with Gasteiger partial charge >= 0.3 is 0 Å². The molecule has 0 bridgehead atoms. The molecule has 0 heterocycles. The van der Waals surface area contributed by atoms with E-state index in [0.717, 1.165) is 25.7 Å². The lowest BCUT2D eigenvalue weighted by molar-refractivity contribution is -0.139. The van der Waals surface area contributed by atoms with Gasteiger partial charge in [-0.25, -0.2) is 0 Å². The van der Waals surface area contributed by atoms with Gasteiger partial charge in [-0.3, -0.25) is 14.4 Å². The smallest absolute Gasteiger partial charge is 0.155 e. The molecule has 106 valence electrons. The molecule has 4 aliphatic rings. The van der Waals surface area contributed by atoms with E-state index in [4.69, 9.17) is 0 Å². The maximum Gasteiger partial charge on any atom is 0.155 e. The normalized spacial score (nSPS) is 43.7. The topological polar surface area (TPSA) is 51.2 Å². The van der Waals surface area contributed by atoms with Crippen LogP contribution in [0.5, 0.6) is 0 Å². The number of carbonyl (C=O) groups is 3. The zero-order valence-corrected chi connectivity index (χ0v) is 11.6. The predicted octanol–water partition coefficient (Wildman–Crippen LogP) is 2.49. The van der Waals surface area contributed by atoms with Gasteiger partial charge in [-0.1, -0.05) is 5.57 Å². The van der Waals surface area contributed by atoms with Crippen LogP contribution in [0.1, 0.15) is 44.9 Å². The summed E-state index contributed by atoms with van der Waals surface area (Å²) in [7, 11) is 0. The Kier molecular flexibility index (Phi) is 2.73. The van der Waals surface area contributed by atoms with E-state index in [1.54, 1.807) is 0 Å². The maximum atomic E-state index is 12.6. The van der Waals surface area contributed by atoms with Crippen molar-refractivity contribution >= 4 is 17.3 Å². The van der Waals surface area contributed by atoms with Gasteiger partial charge in [0.2, 0.25) is 0 Å². The van der Waals surface area contributed by atoms with Gasteiger partial charge in [0.05, 0.1) is 0 Å². The number of carbonyl (C=O) groups excluding carboxylic acids is 3. The minimum atomic E-state index is 0.0273. The lowest BCUT2D eigenvalue weighted by Gasteiger charge is -2.47. The lowest BCUT2D eigenvalue weighted by Crippen LogP contribution is -2.47. The van der Waals surface area contributed by atoms with Crippen molar-refractivity contribution in [1.29, 1.82) is 0 Å². The van der Waals surface area contributed by atoms with E-state index in [0.29, 0.717) is 48.6 Å². The molecular formula is C17H20O3. The van der Waals surface area contributed by atoms with Gasteiger partial charge < -0.3 is 0 Å². The van der Waals surface area contributed by atoms with Gasteiger partial charge in [0, 0.05) is 31.1 Å². The highest BCUT2D eigenvalue weighted by Gasteiger charge is 2.53. The molecule has 5 atom stereocenters. The summed E-state index contributed by atoms with van der Waals surface area (Å²) < 4.78 is 0. The number of ketones is 3. The van der Waals surface area contributed by atoms with Crippen molar-refractivity contribution in [3.63, 3.8) is 0 Å². The minimum Gasteiger partial charge on any atom is -0.299 e. The molecule has 0 amide bonds. The van der Waals surface area contributed by atoms with Crippen molar-refractivity contribution in [1.82, 2.24) is 0 Å². The summed E-state index contributed by atoms with van der Waals surface area (Å²) in [5.74, 6) is 2.14. The van der Waals surface area contributed by atoms with Crippen LogP contribution in [0.25, 0.3) is 0 Å². The number of Topliss-reactive ketones (excluding diaryl/α,β-unsaturated/α-hetero) is 2. The fraction of sp³-hybridized carbons (Fsp3) is 0.706. The Morgan fingerprint density at radius 1 is 0.800 bits per heavy atom. The molecule has 3 heteroatoms. The number of rotatable bonds is 0. The minimum absolute atomic E-state index is 0.0273. The van der Waals surface area contributed by atoms with Crippen LogP contribution in [-0.4, -0.2) is 17.3 Å². The molecule has 3 fully saturated rings. The summed E-state index contributed by atoms with van der Waals surface area (Å²) in [6.45, 7) is 0. The monoisotopic (exact) mass is 272 g/mol. The van der Waals surface area contributed by atoms with Crippen molar-refractivity contribution in [2.75, 3.05) is 0 Å². The quantitative estimate of drug-likeness (QED) is 0.680. The maximum absolute atomic E-state index is 12.6. The van der Waals surface area contributed by atoms with E-state index in [1.807, 2.05) is 6.08 Å². The third-order valence-electron chi connectivity index (χ3n) is 6.18. The molecule has 0 unspecified atom stereocenters. The Bertz CT molecular complexity index is 530. The first kappa shape index (κ1) is 12.5. The zero-order valence-electron chi connectivity index (χ0n) is 11.6. The van der Waals surface area contributed by atoms with Gasteiger partial charge in [-0.15, -0.1) is 0 Å². The van der Waals surface area contributed by atoms with Crippen molar-refractivity contribution < 1.29 is 14.4 Å². The lowest BCUT2D eigenvalue weighted by atomic mass is 9.55. The highest BCUT2D eigenvalue weighted by molar-refractivity contribution is 5.94. The van der Waals surface area contributed by atoms with Gasteiger partial charge in [0.1, 0.15) is 11.6 Å². The van der Waals surface area contributed by atoms with Crippen LogP contribution in [0.15, 0.2) is 11.6 Å². The summed E-state index contributed by atoms with van der Waals surface area (Å²) in [5, 5.41) is 0. The van der Waals surface area contributed by atoms with Crippen molar-refractivity contribution in [2.45, 2.75) is 44.9 Å². The molecule has 0 spiro atoms. The number of allylic oxidation sites excluding steroid dienone is 1. The average Bonchev–Trinajstić information content (AvgIpc) is 2.80. The molecule has 4 aliphatic carbocycles. The van der Waals surface area contributed by atoms with Crippen LogP contribution in [0, 0.1) is 29.6 Å². The first-order valence-electron chi connectivity index (χ1n) is 7.94. The molecule has 0 aliphatic heterocycles. The van der Waals surface area contributed by atoms with Gasteiger partial charge in [-0.2, -0.15) is 0 Å². The molecular weight excluding hydrogens is 252 g/mol. The summed E-state index contributed by atoms with van der Waals surface area (Å²) in [5.41, 5.74) is 1.22. The molecule has 20 heavy (non-hydrogen) atoms. The van der Waals surface area contributed by atoms with Crippen molar-refractivity contribution in [3.05, 3.63) is 11.6 Å². The number of hydrogen-bond acceptors (Lipinski definition) is 3. The van der Waals surface area contributed by atoms with Gasteiger partial charge in [-0.05, 0) is 49.5 Å². The summed E-state index contributed by atoms with van der Waals surface area (Å²) in [4.78, 5) is 36.1. The van der Waals surface area contributed by atoms with Crippen LogP contribution in [0.4, 0.5) is 0 Å². The molecule has 0 N–H and O–H groups in total. The SMILES string of the molecule is O=C1C=C2CC[C@H]3[C@@H]4CCC(=O)[C@H]4CC(=O)[C@@H]3[C@H]2CC1. The van der Waals surface area contributed by atoms with E-state index in [1.165, 1.54) is 5.57 Å². The molecule has 0 aromatic heterocycles. The van der Waals surface area contributed by atoms with Crippen molar-refractivity contribution in [2.24, 2.45) is 29.6 Å². The highest BCUT2D eigenvalue weighted by atomic mass is 16.1. The predicted molar refractivity (Wildman–Crippen MR) is 72.9 cm³/mol. The van der Waals surface area contributed by atoms with Gasteiger partial charge in [0.25, 0.3) is 0 Å². The average molecular weight is 272 g/mol. The molecule has 0 saturated heterocycles. The van der Waals surface area contributed by atoms with Crippen molar-refractivity contribution in [3.8, 4) is 0 Å². The number of fused-ring (bicyclic) bond motifs is 5. The first-order chi connectivity index (χ1) is 9.65. The largest absolute Gasteiger partial charge is 0.299 e. The third-order valence-corrected chi connectivity index (χ3v) is 6.18. The third kappa shape index (κ3) is 1.68. The molecule has 0 radical (unpaired) electrons. The fourth-order valence-electron chi connectivity index (χ4n) is 5.36. The standard InChI is InChI=1S/C17H20O3/c18-10-2-4-11-9(7-10)1-3-13-12-5-6-15(19)14(12)8-16(20)17(11)13/h7,11-14,17H,1-6,8H2/t11-,12-,13-,14-,17+/m0/s1. The number of hydrogen-bond donors (Lipinski definition) is 0. The zero-order chi connectivity index (χ0) is 13.9. The summed E-state index contributed by atoms with van der Waals surface area (Å²) in [6, 6.07) is 0. The molecule has 3 saturated carbocycles. The van der Waals surface area contributed by atoms with E-state index in [9.17, 15) is 14.4 Å². The van der Waals surface area contributed by atoms with Gasteiger partial charge in [0.15, 0.2) is 5.78 Å². The fourth-order valence-corrected chi connectivity index (χ4v) is 5.36. The highest BCUT2D eigenvalue weighted by Crippen LogP contribution is 2.54.